The Bertz CT molecular complexity index is 1200. The molecule has 2 N–H and O–H groups in total. The smallest absolute Gasteiger partial charge is 0.253 e. The Labute approximate surface area is 198 Å². The number of hydrogen-bond acceptors (Lipinski definition) is 4. The van der Waals surface area contributed by atoms with Crippen molar-refractivity contribution in [2.45, 2.75) is 26.1 Å². The third-order valence-corrected chi connectivity index (χ3v) is 5.35. The van der Waals surface area contributed by atoms with Crippen LogP contribution < -0.4 is 10.2 Å². The summed E-state index contributed by atoms with van der Waals surface area (Å²) in [6.07, 6.45) is 9.22. The molecule has 6 nitrogen and oxygen atoms in total. The highest BCUT2D eigenvalue weighted by Gasteiger charge is 2.25. The van der Waals surface area contributed by atoms with Crippen LogP contribution in [0.15, 0.2) is 61.1 Å². The molecule has 0 saturated carbocycles. The highest BCUT2D eigenvalue weighted by atomic mass is 19.1. The molecule has 1 amide bonds. The van der Waals surface area contributed by atoms with Crippen LogP contribution in [0.3, 0.4) is 0 Å². The van der Waals surface area contributed by atoms with E-state index in [0.717, 1.165) is 5.56 Å². The number of nitrogens with zero attached hydrogens (tertiary/aromatic N) is 2. The van der Waals surface area contributed by atoms with Crippen LogP contribution in [0, 0.1) is 17.7 Å². The fourth-order valence-corrected chi connectivity index (χ4v) is 3.84. The van der Waals surface area contributed by atoms with Crippen molar-refractivity contribution in [1.82, 2.24) is 15.3 Å². The summed E-state index contributed by atoms with van der Waals surface area (Å²) in [5, 5.41) is 2.88. The zero-order chi connectivity index (χ0) is 23.9. The van der Waals surface area contributed by atoms with E-state index in [9.17, 15) is 9.18 Å². The Morgan fingerprint density at radius 1 is 1.24 bits per heavy atom. The van der Waals surface area contributed by atoms with Crippen molar-refractivity contribution >= 4 is 17.8 Å². The standard InChI is InChI=1S/C27H27FN4O2/c1-19-17-32(18-20(2)34-19)26-23(8-5-21-6-9-25(28)10-7-21)14-24(16-31-26)27(33)30-12-3-4-22-11-13-29-15-22/h3-4,6-7,9-11,13-16,19-20,29H,12,17-18H2,1-2H3,(H,30,33)/b4-3+/t19-,20+. The van der Waals surface area contributed by atoms with Gasteiger partial charge in [0.25, 0.3) is 5.91 Å². The molecule has 0 bridgehead atoms. The zero-order valence-electron chi connectivity index (χ0n) is 19.2. The molecule has 3 heterocycles. The predicted octanol–water partition coefficient (Wildman–Crippen LogP) is 4.01. The van der Waals surface area contributed by atoms with E-state index in [2.05, 4.69) is 32.0 Å². The van der Waals surface area contributed by atoms with Crippen molar-refractivity contribution in [3.63, 3.8) is 0 Å². The minimum atomic E-state index is -0.312. The lowest BCUT2D eigenvalue weighted by Crippen LogP contribution is -2.46. The monoisotopic (exact) mass is 458 g/mol. The van der Waals surface area contributed by atoms with Crippen molar-refractivity contribution in [1.29, 1.82) is 0 Å². The SMILES string of the molecule is C[C@@H]1CN(c2ncc(C(=O)NC/C=C/c3cc[nH]c3)cc2C#Cc2ccc(F)cc2)C[C@H](C)O1. The van der Waals surface area contributed by atoms with Crippen molar-refractivity contribution in [3.8, 4) is 11.8 Å². The van der Waals surface area contributed by atoms with Gasteiger partial charge in [0.15, 0.2) is 0 Å². The predicted molar refractivity (Wildman–Crippen MR) is 131 cm³/mol. The van der Waals surface area contributed by atoms with Gasteiger partial charge in [-0.05, 0) is 55.8 Å². The first kappa shape index (κ1) is 23.3. The summed E-state index contributed by atoms with van der Waals surface area (Å²) in [6.45, 7) is 5.79. The summed E-state index contributed by atoms with van der Waals surface area (Å²) in [4.78, 5) is 22.5. The number of anilines is 1. The molecule has 2 aromatic heterocycles. The molecule has 0 spiro atoms. The third-order valence-electron chi connectivity index (χ3n) is 5.35. The average Bonchev–Trinajstić information content (AvgIpc) is 3.34. The topological polar surface area (TPSA) is 70.2 Å². The van der Waals surface area contributed by atoms with E-state index in [0.29, 0.717) is 42.1 Å². The molecule has 1 aliphatic rings. The van der Waals surface area contributed by atoms with Gasteiger partial charge >= 0.3 is 0 Å². The van der Waals surface area contributed by atoms with E-state index in [1.807, 2.05) is 44.5 Å². The summed E-state index contributed by atoms with van der Waals surface area (Å²) in [5.74, 6) is 6.37. The number of carbonyl (C=O) groups excluding carboxylic acids is 1. The number of aromatic amines is 1. The summed E-state index contributed by atoms with van der Waals surface area (Å²) in [6, 6.07) is 9.71. The van der Waals surface area contributed by atoms with E-state index in [-0.39, 0.29) is 23.9 Å². The van der Waals surface area contributed by atoms with Crippen molar-refractivity contribution in [3.05, 3.63) is 89.1 Å². The largest absolute Gasteiger partial charge is 0.372 e. The van der Waals surface area contributed by atoms with Gasteiger partial charge in [-0.15, -0.1) is 0 Å². The third kappa shape index (κ3) is 6.12. The van der Waals surface area contributed by atoms with Gasteiger partial charge in [-0.3, -0.25) is 4.79 Å². The molecular formula is C27H27FN4O2. The average molecular weight is 459 g/mol. The highest BCUT2D eigenvalue weighted by Crippen LogP contribution is 2.23. The fourth-order valence-electron chi connectivity index (χ4n) is 3.84. The van der Waals surface area contributed by atoms with Crippen LogP contribution in [0.2, 0.25) is 0 Å². The summed E-state index contributed by atoms with van der Waals surface area (Å²) < 4.78 is 19.1. The Morgan fingerprint density at radius 2 is 2.00 bits per heavy atom. The van der Waals surface area contributed by atoms with Gasteiger partial charge in [0.2, 0.25) is 0 Å². The van der Waals surface area contributed by atoms with E-state index in [4.69, 9.17) is 4.74 Å². The molecule has 4 rings (SSSR count). The Kier molecular flexibility index (Phi) is 7.41. The minimum Gasteiger partial charge on any atom is -0.372 e. The van der Waals surface area contributed by atoms with E-state index in [1.165, 1.54) is 12.1 Å². The number of aromatic nitrogens is 2. The molecule has 174 valence electrons. The second-order valence-electron chi connectivity index (χ2n) is 8.27. The number of nitrogens with one attached hydrogen (secondary N) is 2. The molecule has 0 unspecified atom stereocenters. The molecule has 1 aromatic carbocycles. The number of halogens is 1. The first-order chi connectivity index (χ1) is 16.5. The number of carbonyl (C=O) groups is 1. The number of morpholine rings is 1. The number of pyridine rings is 1. The molecule has 1 saturated heterocycles. The second kappa shape index (κ2) is 10.8. The lowest BCUT2D eigenvalue weighted by Gasteiger charge is -2.36. The molecule has 0 radical (unpaired) electrons. The molecular weight excluding hydrogens is 431 g/mol. The van der Waals surface area contributed by atoms with Crippen molar-refractivity contribution in [2.24, 2.45) is 0 Å². The minimum absolute atomic E-state index is 0.0539. The number of H-pyrrole nitrogens is 1. The Balaban J connectivity index is 1.57. The molecule has 2 atom stereocenters. The van der Waals surface area contributed by atoms with Gasteiger partial charge in [-0.2, -0.15) is 0 Å². The quantitative estimate of drug-likeness (QED) is 0.567. The van der Waals surface area contributed by atoms with E-state index in [1.54, 1.807) is 24.4 Å². The molecule has 7 heteroatoms. The van der Waals surface area contributed by atoms with Gasteiger partial charge in [-0.25, -0.2) is 9.37 Å². The maximum atomic E-state index is 13.3. The van der Waals surface area contributed by atoms with Crippen LogP contribution >= 0.6 is 0 Å². The zero-order valence-corrected chi connectivity index (χ0v) is 19.2. The number of hydrogen-bond donors (Lipinski definition) is 2. The van der Waals surface area contributed by atoms with Gasteiger partial charge in [0.05, 0.1) is 23.3 Å². The van der Waals surface area contributed by atoms with Gasteiger partial charge < -0.3 is 19.9 Å². The van der Waals surface area contributed by atoms with Gasteiger partial charge in [-0.1, -0.05) is 24.0 Å². The van der Waals surface area contributed by atoms with E-state index >= 15 is 0 Å². The van der Waals surface area contributed by atoms with Crippen LogP contribution in [-0.4, -0.2) is 47.7 Å². The number of ether oxygens (including phenoxy) is 1. The van der Waals surface area contributed by atoms with E-state index < -0.39 is 0 Å². The summed E-state index contributed by atoms with van der Waals surface area (Å²) in [7, 11) is 0. The molecule has 34 heavy (non-hydrogen) atoms. The maximum Gasteiger partial charge on any atom is 0.253 e. The maximum absolute atomic E-state index is 13.3. The normalized spacial score (nSPS) is 17.9. The molecule has 1 fully saturated rings. The Hall–Kier alpha value is -3.89. The molecule has 0 aliphatic carbocycles. The van der Waals surface area contributed by atoms with Crippen molar-refractivity contribution < 1.29 is 13.9 Å². The summed E-state index contributed by atoms with van der Waals surface area (Å²) in [5.41, 5.74) is 2.78. The van der Waals surface area contributed by atoms with Gasteiger partial charge in [0.1, 0.15) is 11.6 Å². The fraction of sp³-hybridized carbons (Fsp3) is 0.259. The van der Waals surface area contributed by atoms with Crippen LogP contribution in [0.4, 0.5) is 10.2 Å². The first-order valence-corrected chi connectivity index (χ1v) is 11.2. The molecule has 1 aliphatic heterocycles. The first-order valence-electron chi connectivity index (χ1n) is 11.2. The van der Waals surface area contributed by atoms with Crippen LogP contribution in [0.5, 0.6) is 0 Å². The highest BCUT2D eigenvalue weighted by molar-refractivity contribution is 5.94. The lowest BCUT2D eigenvalue weighted by molar-refractivity contribution is -0.00547. The van der Waals surface area contributed by atoms with Crippen LogP contribution in [0.25, 0.3) is 6.08 Å². The number of benzene rings is 1. The summed E-state index contributed by atoms with van der Waals surface area (Å²) >= 11 is 0. The van der Waals surface area contributed by atoms with Crippen LogP contribution in [0.1, 0.15) is 40.9 Å². The van der Waals surface area contributed by atoms with Gasteiger partial charge in [0, 0.05) is 43.8 Å². The number of rotatable bonds is 5. The second-order valence-corrected chi connectivity index (χ2v) is 8.27. The van der Waals surface area contributed by atoms with Crippen LogP contribution in [-0.2, 0) is 4.74 Å². The molecule has 3 aromatic rings. The van der Waals surface area contributed by atoms with Crippen molar-refractivity contribution in [2.75, 3.05) is 24.5 Å². The Morgan fingerprint density at radius 3 is 2.71 bits per heavy atom. The number of amides is 1. The lowest BCUT2D eigenvalue weighted by atomic mass is 10.1.